The zero-order chi connectivity index (χ0) is 15.2. The van der Waals surface area contributed by atoms with Gasteiger partial charge >= 0.3 is 0 Å². The van der Waals surface area contributed by atoms with Crippen LogP contribution in [0.3, 0.4) is 0 Å². The van der Waals surface area contributed by atoms with Crippen molar-refractivity contribution in [3.8, 4) is 0 Å². The van der Waals surface area contributed by atoms with Gasteiger partial charge in [-0.3, -0.25) is 4.79 Å². The van der Waals surface area contributed by atoms with Crippen LogP contribution in [0.2, 0.25) is 0 Å². The Hall–Kier alpha value is -1.07. The summed E-state index contributed by atoms with van der Waals surface area (Å²) in [5.74, 6) is 0.687. The summed E-state index contributed by atoms with van der Waals surface area (Å²) in [5, 5.41) is 11.3. The number of carbonyl (C=O) groups is 1. The van der Waals surface area contributed by atoms with Crippen molar-refractivity contribution in [3.05, 3.63) is 10.4 Å². The molecule has 1 aromatic rings. The SMILES string of the molecule is CCC(=O)c1sc(N2CCC(C)(O)CC2)c(C2CC2)c1N. The topological polar surface area (TPSA) is 66.6 Å². The van der Waals surface area contributed by atoms with Crippen molar-refractivity contribution in [1.29, 1.82) is 0 Å². The van der Waals surface area contributed by atoms with Crippen LogP contribution in [-0.2, 0) is 0 Å². The molecular weight excluding hydrogens is 284 g/mol. The minimum Gasteiger partial charge on any atom is -0.397 e. The lowest BCUT2D eigenvalue weighted by atomic mass is 9.94. The Morgan fingerprint density at radius 3 is 2.57 bits per heavy atom. The van der Waals surface area contributed by atoms with Crippen molar-refractivity contribution in [3.63, 3.8) is 0 Å². The van der Waals surface area contributed by atoms with E-state index in [9.17, 15) is 9.90 Å². The Bertz CT molecular complexity index is 551. The quantitative estimate of drug-likeness (QED) is 0.839. The fourth-order valence-corrected chi connectivity index (χ4v) is 4.37. The molecule has 0 aromatic carbocycles. The molecule has 5 heteroatoms. The third-order valence-corrected chi connectivity index (χ3v) is 5.97. The van der Waals surface area contributed by atoms with Gasteiger partial charge in [-0.05, 0) is 38.5 Å². The highest BCUT2D eigenvalue weighted by Crippen LogP contribution is 2.52. The highest BCUT2D eigenvalue weighted by atomic mass is 32.1. The second kappa shape index (κ2) is 5.29. The second-order valence-electron chi connectivity index (χ2n) is 6.60. The minimum atomic E-state index is -0.554. The van der Waals surface area contributed by atoms with Crippen molar-refractivity contribution in [2.45, 2.75) is 57.5 Å². The molecule has 21 heavy (non-hydrogen) atoms. The lowest BCUT2D eigenvalue weighted by Crippen LogP contribution is -2.42. The Labute approximate surface area is 129 Å². The largest absolute Gasteiger partial charge is 0.397 e. The summed E-state index contributed by atoms with van der Waals surface area (Å²) in [6.45, 7) is 5.47. The molecule has 2 heterocycles. The number of aliphatic hydroxyl groups is 1. The molecule has 0 unspecified atom stereocenters. The van der Waals surface area contributed by atoms with Crippen LogP contribution >= 0.6 is 11.3 Å². The van der Waals surface area contributed by atoms with E-state index in [0.29, 0.717) is 12.3 Å². The van der Waals surface area contributed by atoms with Crippen molar-refractivity contribution >= 4 is 27.8 Å². The van der Waals surface area contributed by atoms with Crippen molar-refractivity contribution < 1.29 is 9.90 Å². The number of thiophene rings is 1. The molecule has 1 saturated carbocycles. The maximum absolute atomic E-state index is 12.1. The molecule has 116 valence electrons. The van der Waals surface area contributed by atoms with E-state index in [1.807, 2.05) is 13.8 Å². The van der Waals surface area contributed by atoms with Gasteiger partial charge in [0.05, 0.1) is 21.2 Å². The van der Waals surface area contributed by atoms with Crippen LogP contribution in [-0.4, -0.2) is 29.6 Å². The average molecular weight is 308 g/mol. The van der Waals surface area contributed by atoms with E-state index in [1.54, 1.807) is 11.3 Å². The van der Waals surface area contributed by atoms with Crippen molar-refractivity contribution in [2.24, 2.45) is 0 Å². The molecule has 1 aromatic heterocycles. The maximum atomic E-state index is 12.1. The summed E-state index contributed by atoms with van der Waals surface area (Å²) in [7, 11) is 0. The lowest BCUT2D eigenvalue weighted by molar-refractivity contribution is 0.0352. The number of anilines is 2. The highest BCUT2D eigenvalue weighted by molar-refractivity contribution is 7.19. The Morgan fingerprint density at radius 2 is 2.05 bits per heavy atom. The summed E-state index contributed by atoms with van der Waals surface area (Å²) in [5.41, 5.74) is 7.67. The molecule has 0 spiro atoms. The number of nitrogen functional groups attached to an aromatic ring is 1. The van der Waals surface area contributed by atoms with Gasteiger partial charge in [0.25, 0.3) is 0 Å². The molecule has 1 aliphatic carbocycles. The number of hydrogen-bond acceptors (Lipinski definition) is 5. The fraction of sp³-hybridized carbons (Fsp3) is 0.688. The fourth-order valence-electron chi connectivity index (χ4n) is 3.00. The van der Waals surface area contributed by atoms with E-state index >= 15 is 0 Å². The van der Waals surface area contributed by atoms with Gasteiger partial charge in [0.2, 0.25) is 0 Å². The lowest BCUT2D eigenvalue weighted by Gasteiger charge is -2.37. The number of Topliss-reactive ketones (excluding diaryl/α,β-unsaturated/α-hetero) is 1. The smallest absolute Gasteiger partial charge is 0.174 e. The van der Waals surface area contributed by atoms with Gasteiger partial charge in [0.15, 0.2) is 5.78 Å². The summed E-state index contributed by atoms with van der Waals surface area (Å²) in [4.78, 5) is 15.2. The molecular formula is C16H24N2O2S. The Morgan fingerprint density at radius 1 is 1.43 bits per heavy atom. The van der Waals surface area contributed by atoms with E-state index in [1.165, 1.54) is 23.4 Å². The summed E-state index contributed by atoms with van der Waals surface area (Å²) in [6, 6.07) is 0. The van der Waals surface area contributed by atoms with Gasteiger partial charge in [0, 0.05) is 25.1 Å². The number of carbonyl (C=O) groups excluding carboxylic acids is 1. The molecule has 0 atom stereocenters. The zero-order valence-electron chi connectivity index (χ0n) is 12.8. The predicted molar refractivity (Wildman–Crippen MR) is 87.4 cm³/mol. The molecule has 3 rings (SSSR count). The third-order valence-electron chi connectivity index (χ3n) is 4.65. The van der Waals surface area contributed by atoms with Crippen LogP contribution < -0.4 is 10.6 Å². The Kier molecular flexibility index (Phi) is 3.74. The number of ketones is 1. The maximum Gasteiger partial charge on any atom is 0.174 e. The first-order chi connectivity index (χ1) is 9.93. The number of rotatable bonds is 4. The zero-order valence-corrected chi connectivity index (χ0v) is 13.6. The normalized spacial score (nSPS) is 21.6. The third kappa shape index (κ3) is 2.81. The number of piperidine rings is 1. The van der Waals surface area contributed by atoms with Gasteiger partial charge in [-0.1, -0.05) is 6.92 Å². The van der Waals surface area contributed by atoms with Crippen LogP contribution in [0, 0.1) is 0 Å². The number of nitrogens with zero attached hydrogens (tertiary/aromatic N) is 1. The standard InChI is InChI=1S/C16H24N2O2S/c1-3-11(19)14-13(17)12(10-4-5-10)15(21-14)18-8-6-16(2,20)7-9-18/h10,20H,3-9,17H2,1-2H3. The van der Waals surface area contributed by atoms with Crippen LogP contribution in [0.25, 0.3) is 0 Å². The van der Waals surface area contributed by atoms with E-state index < -0.39 is 5.60 Å². The Balaban J connectivity index is 1.92. The van der Waals surface area contributed by atoms with Crippen LogP contribution in [0.1, 0.15) is 67.1 Å². The van der Waals surface area contributed by atoms with Gasteiger partial charge in [-0.2, -0.15) is 0 Å². The van der Waals surface area contributed by atoms with Gasteiger partial charge in [-0.25, -0.2) is 0 Å². The van der Waals surface area contributed by atoms with Crippen LogP contribution in [0.4, 0.5) is 10.7 Å². The van der Waals surface area contributed by atoms with E-state index in [2.05, 4.69) is 4.90 Å². The highest BCUT2D eigenvalue weighted by Gasteiger charge is 2.36. The van der Waals surface area contributed by atoms with Gasteiger partial charge in [-0.15, -0.1) is 11.3 Å². The number of hydrogen-bond donors (Lipinski definition) is 2. The first kappa shape index (κ1) is 14.9. The first-order valence-corrected chi connectivity index (χ1v) is 8.67. The van der Waals surface area contributed by atoms with Crippen LogP contribution in [0.15, 0.2) is 0 Å². The van der Waals surface area contributed by atoms with Gasteiger partial charge in [0.1, 0.15) is 0 Å². The molecule has 0 amide bonds. The molecule has 2 fully saturated rings. The molecule has 4 nitrogen and oxygen atoms in total. The van der Waals surface area contributed by atoms with Crippen molar-refractivity contribution in [1.82, 2.24) is 0 Å². The molecule has 2 aliphatic rings. The van der Waals surface area contributed by atoms with Crippen LogP contribution in [0.5, 0.6) is 0 Å². The monoisotopic (exact) mass is 308 g/mol. The second-order valence-corrected chi connectivity index (χ2v) is 7.60. The van der Waals surface area contributed by atoms with E-state index in [-0.39, 0.29) is 5.78 Å². The molecule has 3 N–H and O–H groups in total. The molecule has 0 bridgehead atoms. The van der Waals surface area contributed by atoms with E-state index in [4.69, 9.17) is 5.73 Å². The van der Waals surface area contributed by atoms with E-state index in [0.717, 1.165) is 36.5 Å². The first-order valence-electron chi connectivity index (χ1n) is 7.85. The van der Waals surface area contributed by atoms with Gasteiger partial charge < -0.3 is 15.7 Å². The number of nitrogens with two attached hydrogens (primary N) is 1. The summed E-state index contributed by atoms with van der Waals surface area (Å²) >= 11 is 1.56. The molecule has 1 aliphatic heterocycles. The summed E-state index contributed by atoms with van der Waals surface area (Å²) in [6.07, 6.45) is 4.40. The summed E-state index contributed by atoms with van der Waals surface area (Å²) < 4.78 is 0. The molecule has 0 radical (unpaired) electrons. The molecule has 1 saturated heterocycles. The minimum absolute atomic E-state index is 0.148. The van der Waals surface area contributed by atoms with Crippen molar-refractivity contribution in [2.75, 3.05) is 23.7 Å². The average Bonchev–Trinajstić information content (AvgIpc) is 3.22. The predicted octanol–water partition coefficient (Wildman–Crippen LogP) is 3.15.